The van der Waals surface area contributed by atoms with E-state index in [0.717, 1.165) is 21.7 Å². The standard InChI is InChI=1S/C18H17BrO4/c1-12-4-3-5-13(8-12)11-23-18-14(6-7-17(20)21)9-15(19)10-16(18)22-2/h3-10H,11H2,1-2H3,(H,20,21). The molecule has 0 amide bonds. The molecule has 2 rings (SSSR count). The molecule has 0 spiro atoms. The molecular formula is C18H17BrO4. The Hall–Kier alpha value is -2.27. The number of ether oxygens (including phenoxy) is 2. The minimum Gasteiger partial charge on any atom is -0.493 e. The highest BCUT2D eigenvalue weighted by molar-refractivity contribution is 9.10. The maximum atomic E-state index is 10.8. The van der Waals surface area contributed by atoms with E-state index < -0.39 is 5.97 Å². The second-order valence-electron chi connectivity index (χ2n) is 4.98. The number of carbonyl (C=O) groups is 1. The summed E-state index contributed by atoms with van der Waals surface area (Å²) in [6.45, 7) is 2.39. The summed E-state index contributed by atoms with van der Waals surface area (Å²) in [7, 11) is 1.55. The van der Waals surface area contributed by atoms with Crippen molar-refractivity contribution in [3.8, 4) is 11.5 Å². The van der Waals surface area contributed by atoms with Crippen molar-refractivity contribution in [2.75, 3.05) is 7.11 Å². The van der Waals surface area contributed by atoms with Gasteiger partial charge in [0.2, 0.25) is 0 Å². The van der Waals surface area contributed by atoms with Crippen molar-refractivity contribution in [3.05, 3.63) is 63.6 Å². The minimum absolute atomic E-state index is 0.369. The summed E-state index contributed by atoms with van der Waals surface area (Å²) in [4.78, 5) is 10.8. The Morgan fingerprint density at radius 1 is 1.30 bits per heavy atom. The first-order valence-electron chi connectivity index (χ1n) is 6.96. The molecule has 0 bridgehead atoms. The van der Waals surface area contributed by atoms with Gasteiger partial charge in [-0.05, 0) is 30.7 Å². The van der Waals surface area contributed by atoms with E-state index in [2.05, 4.69) is 15.9 Å². The summed E-state index contributed by atoms with van der Waals surface area (Å²) < 4.78 is 12.0. The zero-order valence-corrected chi connectivity index (χ0v) is 14.5. The van der Waals surface area contributed by atoms with E-state index >= 15 is 0 Å². The molecule has 0 aliphatic rings. The van der Waals surface area contributed by atoms with E-state index in [1.165, 1.54) is 6.08 Å². The summed E-state index contributed by atoms with van der Waals surface area (Å²) in [5.41, 5.74) is 2.81. The first-order valence-corrected chi connectivity index (χ1v) is 7.76. The fraction of sp³-hybridized carbons (Fsp3) is 0.167. The highest BCUT2D eigenvalue weighted by Gasteiger charge is 2.12. The predicted octanol–water partition coefficient (Wildman–Crippen LogP) is 4.44. The number of carboxylic acid groups (broad SMARTS) is 1. The van der Waals surface area contributed by atoms with E-state index in [0.29, 0.717) is 23.7 Å². The lowest BCUT2D eigenvalue weighted by Gasteiger charge is -2.14. The zero-order valence-electron chi connectivity index (χ0n) is 12.9. The number of hydrogen-bond acceptors (Lipinski definition) is 3. The van der Waals surface area contributed by atoms with Gasteiger partial charge >= 0.3 is 5.97 Å². The molecule has 0 aromatic heterocycles. The van der Waals surface area contributed by atoms with E-state index in [1.54, 1.807) is 19.2 Å². The van der Waals surface area contributed by atoms with Gasteiger partial charge in [0.05, 0.1) is 7.11 Å². The minimum atomic E-state index is -1.02. The van der Waals surface area contributed by atoms with Gasteiger partial charge in [-0.15, -0.1) is 0 Å². The lowest BCUT2D eigenvalue weighted by Crippen LogP contribution is -2.00. The van der Waals surface area contributed by atoms with Gasteiger partial charge in [-0.25, -0.2) is 4.79 Å². The lowest BCUT2D eigenvalue weighted by atomic mass is 10.1. The van der Waals surface area contributed by atoms with Crippen molar-refractivity contribution in [2.45, 2.75) is 13.5 Å². The number of aryl methyl sites for hydroxylation is 1. The largest absolute Gasteiger partial charge is 0.493 e. The maximum Gasteiger partial charge on any atom is 0.328 e. The van der Waals surface area contributed by atoms with Gasteiger partial charge in [-0.2, -0.15) is 0 Å². The van der Waals surface area contributed by atoms with Gasteiger partial charge < -0.3 is 14.6 Å². The Balaban J connectivity index is 2.32. The quantitative estimate of drug-likeness (QED) is 0.756. The average molecular weight is 377 g/mol. The van der Waals surface area contributed by atoms with Crippen molar-refractivity contribution in [3.63, 3.8) is 0 Å². The summed E-state index contributed by atoms with van der Waals surface area (Å²) in [5.74, 6) is 0.0281. The highest BCUT2D eigenvalue weighted by atomic mass is 79.9. The third-order valence-electron chi connectivity index (χ3n) is 3.14. The molecule has 0 saturated heterocycles. The first kappa shape index (κ1) is 17.1. The van der Waals surface area contributed by atoms with E-state index in [9.17, 15) is 4.79 Å². The molecule has 2 aromatic rings. The van der Waals surface area contributed by atoms with Crippen LogP contribution in [0, 0.1) is 6.92 Å². The molecule has 0 saturated carbocycles. The normalized spacial score (nSPS) is 10.7. The second-order valence-corrected chi connectivity index (χ2v) is 5.89. The molecule has 23 heavy (non-hydrogen) atoms. The van der Waals surface area contributed by atoms with Crippen molar-refractivity contribution < 1.29 is 19.4 Å². The van der Waals surface area contributed by atoms with Crippen LogP contribution in [0.1, 0.15) is 16.7 Å². The van der Waals surface area contributed by atoms with Crippen LogP contribution in [-0.4, -0.2) is 18.2 Å². The SMILES string of the molecule is COc1cc(Br)cc(C=CC(=O)O)c1OCc1cccc(C)c1. The van der Waals surface area contributed by atoms with Crippen LogP contribution in [0.4, 0.5) is 0 Å². The molecule has 2 aromatic carbocycles. The smallest absolute Gasteiger partial charge is 0.328 e. The van der Waals surface area contributed by atoms with Crippen LogP contribution in [0.15, 0.2) is 46.9 Å². The van der Waals surface area contributed by atoms with Crippen molar-refractivity contribution in [1.82, 2.24) is 0 Å². The van der Waals surface area contributed by atoms with Gasteiger partial charge in [0.1, 0.15) is 6.61 Å². The van der Waals surface area contributed by atoms with Gasteiger partial charge in [0.15, 0.2) is 11.5 Å². The Morgan fingerprint density at radius 3 is 2.74 bits per heavy atom. The molecule has 120 valence electrons. The van der Waals surface area contributed by atoms with Crippen LogP contribution >= 0.6 is 15.9 Å². The van der Waals surface area contributed by atoms with Crippen LogP contribution in [0.2, 0.25) is 0 Å². The second kappa shape index (κ2) is 7.83. The number of hydrogen-bond donors (Lipinski definition) is 1. The zero-order chi connectivity index (χ0) is 16.8. The van der Waals surface area contributed by atoms with Gasteiger partial charge in [-0.1, -0.05) is 45.8 Å². The molecule has 1 N–H and O–H groups in total. The third kappa shape index (κ3) is 4.86. The Morgan fingerprint density at radius 2 is 2.09 bits per heavy atom. The molecule has 0 radical (unpaired) electrons. The van der Waals surface area contributed by atoms with Crippen LogP contribution in [0.25, 0.3) is 6.08 Å². The third-order valence-corrected chi connectivity index (χ3v) is 3.60. The van der Waals surface area contributed by atoms with Gasteiger partial charge in [0.25, 0.3) is 0 Å². The number of halogens is 1. The summed E-state index contributed by atoms with van der Waals surface area (Å²) in [5, 5.41) is 8.83. The number of methoxy groups -OCH3 is 1. The summed E-state index contributed by atoms with van der Waals surface area (Å²) >= 11 is 3.38. The lowest BCUT2D eigenvalue weighted by molar-refractivity contribution is -0.131. The van der Waals surface area contributed by atoms with Crippen LogP contribution in [-0.2, 0) is 11.4 Å². The van der Waals surface area contributed by atoms with E-state index in [4.69, 9.17) is 14.6 Å². The average Bonchev–Trinajstić information content (AvgIpc) is 2.51. The highest BCUT2D eigenvalue weighted by Crippen LogP contribution is 2.36. The number of aliphatic carboxylic acids is 1. The monoisotopic (exact) mass is 376 g/mol. The topological polar surface area (TPSA) is 55.8 Å². The van der Waals surface area contributed by atoms with Crippen LogP contribution < -0.4 is 9.47 Å². The Kier molecular flexibility index (Phi) is 5.82. The fourth-order valence-electron chi connectivity index (χ4n) is 2.14. The van der Waals surface area contributed by atoms with Crippen LogP contribution in [0.3, 0.4) is 0 Å². The molecule has 0 aliphatic heterocycles. The van der Waals surface area contributed by atoms with E-state index in [1.807, 2.05) is 31.2 Å². The molecule has 4 nitrogen and oxygen atoms in total. The molecule has 0 atom stereocenters. The van der Waals surface area contributed by atoms with Crippen LogP contribution in [0.5, 0.6) is 11.5 Å². The Bertz CT molecular complexity index is 738. The first-order chi connectivity index (χ1) is 11.0. The van der Waals surface area contributed by atoms with Crippen molar-refractivity contribution in [1.29, 1.82) is 0 Å². The molecule has 0 heterocycles. The molecular weight excluding hydrogens is 360 g/mol. The van der Waals surface area contributed by atoms with Crippen molar-refractivity contribution >= 4 is 28.0 Å². The molecule has 0 unspecified atom stereocenters. The molecule has 0 fully saturated rings. The maximum absolute atomic E-state index is 10.8. The van der Waals surface area contributed by atoms with Gasteiger partial charge in [-0.3, -0.25) is 0 Å². The molecule has 0 aliphatic carbocycles. The fourth-order valence-corrected chi connectivity index (χ4v) is 2.59. The van der Waals surface area contributed by atoms with E-state index in [-0.39, 0.29) is 0 Å². The number of rotatable bonds is 6. The summed E-state index contributed by atoms with van der Waals surface area (Å²) in [6.07, 6.45) is 2.56. The summed E-state index contributed by atoms with van der Waals surface area (Å²) in [6, 6.07) is 11.6. The Labute approximate surface area is 143 Å². The number of carboxylic acids is 1. The predicted molar refractivity (Wildman–Crippen MR) is 92.9 cm³/mol. The van der Waals surface area contributed by atoms with Crippen molar-refractivity contribution in [2.24, 2.45) is 0 Å². The molecule has 5 heteroatoms. The number of benzene rings is 2. The van der Waals surface area contributed by atoms with Gasteiger partial charge in [0, 0.05) is 16.1 Å².